The molecule has 3 aromatic carbocycles. The number of hydrogen-bond acceptors (Lipinski definition) is 6. The number of fused-ring (bicyclic) bond motifs is 1. The molecule has 0 radical (unpaired) electrons. The summed E-state index contributed by atoms with van der Waals surface area (Å²) in [6.45, 7) is -0.345. The molecular weight excluding hydrogens is 499 g/mol. The first-order valence-corrected chi connectivity index (χ1v) is 12.9. The Labute approximate surface area is 225 Å². The van der Waals surface area contributed by atoms with Crippen molar-refractivity contribution >= 4 is 28.7 Å². The summed E-state index contributed by atoms with van der Waals surface area (Å²) in [6.07, 6.45) is 6.77. The molecule has 1 amide bonds. The highest BCUT2D eigenvalue weighted by Gasteiger charge is 2.22. The van der Waals surface area contributed by atoms with Gasteiger partial charge < -0.3 is 14.8 Å². The van der Waals surface area contributed by atoms with Crippen molar-refractivity contribution in [2.45, 2.75) is 38.0 Å². The molecule has 0 unspecified atom stereocenters. The summed E-state index contributed by atoms with van der Waals surface area (Å²) in [5.74, 6) is 0.551. The van der Waals surface area contributed by atoms with Gasteiger partial charge in [-0.1, -0.05) is 43.5 Å². The molecule has 9 heteroatoms. The molecular formula is C30H29FN4O4. The van der Waals surface area contributed by atoms with Crippen LogP contribution in [0.3, 0.4) is 0 Å². The van der Waals surface area contributed by atoms with Gasteiger partial charge in [0.1, 0.15) is 11.6 Å². The van der Waals surface area contributed by atoms with E-state index in [9.17, 15) is 14.0 Å². The van der Waals surface area contributed by atoms with E-state index in [0.717, 1.165) is 25.7 Å². The minimum Gasteiger partial charge on any atom is -0.493 e. The topological polar surface area (TPSA) is 94.8 Å². The summed E-state index contributed by atoms with van der Waals surface area (Å²) in [6, 6.07) is 18.1. The Morgan fingerprint density at radius 1 is 1.10 bits per heavy atom. The smallest absolute Gasteiger partial charge is 0.282 e. The highest BCUT2D eigenvalue weighted by Crippen LogP contribution is 2.33. The molecule has 5 rings (SSSR count). The minimum atomic E-state index is -0.469. The normalized spacial score (nSPS) is 14.0. The summed E-state index contributed by atoms with van der Waals surface area (Å²) in [5.41, 5.74) is 1.26. The van der Waals surface area contributed by atoms with Crippen molar-refractivity contribution in [3.8, 4) is 11.5 Å². The number of benzene rings is 3. The molecule has 1 N–H and O–H groups in total. The zero-order chi connectivity index (χ0) is 27.2. The van der Waals surface area contributed by atoms with E-state index < -0.39 is 11.7 Å². The van der Waals surface area contributed by atoms with Gasteiger partial charge in [0.25, 0.3) is 11.5 Å². The van der Waals surface area contributed by atoms with Crippen LogP contribution in [0.25, 0.3) is 10.9 Å². The van der Waals surface area contributed by atoms with Gasteiger partial charge in [-0.05, 0) is 55.3 Å². The molecule has 0 aliphatic heterocycles. The third-order valence-corrected chi connectivity index (χ3v) is 6.75. The van der Waals surface area contributed by atoms with Crippen molar-refractivity contribution < 1.29 is 18.7 Å². The quantitative estimate of drug-likeness (QED) is 0.305. The lowest BCUT2D eigenvalue weighted by Gasteiger charge is -2.22. The van der Waals surface area contributed by atoms with E-state index in [1.165, 1.54) is 42.6 Å². The summed E-state index contributed by atoms with van der Waals surface area (Å²) in [5, 5.41) is 7.68. The molecule has 1 heterocycles. The largest absolute Gasteiger partial charge is 0.493 e. The number of carbonyl (C=O) groups is 1. The van der Waals surface area contributed by atoms with Gasteiger partial charge in [0.15, 0.2) is 18.1 Å². The minimum absolute atomic E-state index is 0.140. The summed E-state index contributed by atoms with van der Waals surface area (Å²) >= 11 is 0. The predicted molar refractivity (Wildman–Crippen MR) is 148 cm³/mol. The Morgan fingerprint density at radius 2 is 1.90 bits per heavy atom. The number of hydrogen-bond donors (Lipinski definition) is 1. The number of aromatic nitrogens is 2. The van der Waals surface area contributed by atoms with Crippen LogP contribution >= 0.6 is 0 Å². The number of amides is 1. The van der Waals surface area contributed by atoms with Crippen LogP contribution in [0.1, 0.15) is 49.4 Å². The number of ether oxygens (including phenoxy) is 2. The Morgan fingerprint density at radius 3 is 2.69 bits per heavy atom. The Hall–Kier alpha value is -4.53. The van der Waals surface area contributed by atoms with Crippen LogP contribution in [-0.2, 0) is 4.79 Å². The number of nitrogens with zero attached hydrogens (tertiary/aromatic N) is 3. The summed E-state index contributed by atoms with van der Waals surface area (Å²) in [4.78, 5) is 30.8. The fraction of sp³-hybridized carbons (Fsp3) is 0.267. The Bertz CT molecular complexity index is 1580. The van der Waals surface area contributed by atoms with Gasteiger partial charge in [0, 0.05) is 17.2 Å². The first-order valence-electron chi connectivity index (χ1n) is 12.9. The van der Waals surface area contributed by atoms with Crippen LogP contribution in [0.2, 0.25) is 0 Å². The number of anilines is 1. The molecule has 0 atom stereocenters. The van der Waals surface area contributed by atoms with E-state index in [-0.39, 0.29) is 18.1 Å². The van der Waals surface area contributed by atoms with Gasteiger partial charge in [0.05, 0.1) is 24.2 Å². The Balaban J connectivity index is 1.45. The lowest BCUT2D eigenvalue weighted by molar-refractivity contribution is -0.118. The van der Waals surface area contributed by atoms with E-state index >= 15 is 0 Å². The lowest BCUT2D eigenvalue weighted by atomic mass is 9.88. The average Bonchev–Trinajstić information content (AvgIpc) is 2.96. The van der Waals surface area contributed by atoms with Gasteiger partial charge in [-0.2, -0.15) is 9.78 Å². The van der Waals surface area contributed by atoms with Crippen molar-refractivity contribution in [1.29, 1.82) is 0 Å². The van der Waals surface area contributed by atoms with Gasteiger partial charge in [-0.25, -0.2) is 9.37 Å². The molecule has 1 aliphatic carbocycles. The third-order valence-electron chi connectivity index (χ3n) is 6.75. The number of carbonyl (C=O) groups excluding carboxylic acids is 1. The molecule has 4 aromatic rings. The van der Waals surface area contributed by atoms with Gasteiger partial charge in [-0.15, -0.1) is 0 Å². The number of methoxy groups -OCH3 is 1. The molecule has 0 bridgehead atoms. The first-order chi connectivity index (χ1) is 19.0. The zero-order valence-corrected chi connectivity index (χ0v) is 21.6. The Kier molecular flexibility index (Phi) is 7.96. The van der Waals surface area contributed by atoms with Gasteiger partial charge in [0.2, 0.25) is 0 Å². The molecule has 0 spiro atoms. The van der Waals surface area contributed by atoms with Crippen LogP contribution in [0.4, 0.5) is 10.1 Å². The van der Waals surface area contributed by atoms with Crippen molar-refractivity contribution in [1.82, 2.24) is 9.66 Å². The van der Waals surface area contributed by atoms with Crippen LogP contribution in [0.5, 0.6) is 11.5 Å². The van der Waals surface area contributed by atoms with Crippen LogP contribution < -0.4 is 20.3 Å². The number of rotatable bonds is 8. The summed E-state index contributed by atoms with van der Waals surface area (Å²) < 4.78 is 26.1. The van der Waals surface area contributed by atoms with Crippen molar-refractivity contribution in [3.05, 3.63) is 94.3 Å². The van der Waals surface area contributed by atoms with Crippen molar-refractivity contribution in [2.75, 3.05) is 19.0 Å². The monoisotopic (exact) mass is 528 g/mol. The predicted octanol–water partition coefficient (Wildman–Crippen LogP) is 5.49. The van der Waals surface area contributed by atoms with E-state index in [1.54, 1.807) is 30.3 Å². The fourth-order valence-corrected chi connectivity index (χ4v) is 4.85. The van der Waals surface area contributed by atoms with E-state index in [0.29, 0.717) is 39.5 Å². The van der Waals surface area contributed by atoms with E-state index in [1.807, 2.05) is 18.2 Å². The maximum Gasteiger partial charge on any atom is 0.282 e. The van der Waals surface area contributed by atoms with Crippen LogP contribution in [-0.4, -0.2) is 35.5 Å². The lowest BCUT2D eigenvalue weighted by Crippen LogP contribution is -2.25. The first kappa shape index (κ1) is 26.1. The van der Waals surface area contributed by atoms with Crippen LogP contribution in [0.15, 0.2) is 76.6 Å². The molecule has 39 heavy (non-hydrogen) atoms. The average molecular weight is 529 g/mol. The molecule has 8 nitrogen and oxygen atoms in total. The molecule has 1 saturated carbocycles. The molecule has 200 valence electrons. The van der Waals surface area contributed by atoms with Gasteiger partial charge >= 0.3 is 0 Å². The second kappa shape index (κ2) is 11.9. The van der Waals surface area contributed by atoms with E-state index in [4.69, 9.17) is 14.5 Å². The maximum atomic E-state index is 13.5. The second-order valence-electron chi connectivity index (χ2n) is 9.41. The molecule has 1 aromatic heterocycles. The van der Waals surface area contributed by atoms with Gasteiger partial charge in [-0.3, -0.25) is 9.59 Å². The highest BCUT2D eigenvalue weighted by molar-refractivity contribution is 5.92. The molecule has 1 fully saturated rings. The standard InChI is InChI=1S/C30H29FN4O4/c1-38-26-16-7-11-21(28(26)39-19-27(36)33-23-13-8-12-22(31)17-23)18-32-35-29(20-9-3-2-4-10-20)34-25-15-6-5-14-24(25)30(35)37/h5-8,11-18,20H,2-4,9-10,19H2,1H3,(H,33,36). The number of nitrogens with one attached hydrogen (secondary N) is 1. The van der Waals surface area contributed by atoms with E-state index in [2.05, 4.69) is 10.4 Å². The van der Waals surface area contributed by atoms with Crippen molar-refractivity contribution in [3.63, 3.8) is 0 Å². The highest BCUT2D eigenvalue weighted by atomic mass is 19.1. The van der Waals surface area contributed by atoms with Crippen molar-refractivity contribution in [2.24, 2.45) is 5.10 Å². The fourth-order valence-electron chi connectivity index (χ4n) is 4.85. The molecule has 1 aliphatic rings. The second-order valence-corrected chi connectivity index (χ2v) is 9.41. The molecule has 0 saturated heterocycles. The zero-order valence-electron chi connectivity index (χ0n) is 21.6. The maximum absolute atomic E-state index is 13.5. The number of halogens is 1. The summed E-state index contributed by atoms with van der Waals surface area (Å²) in [7, 11) is 1.49. The number of para-hydroxylation sites is 2. The SMILES string of the molecule is COc1cccc(C=Nn2c(C3CCCCC3)nc3ccccc3c2=O)c1OCC(=O)Nc1cccc(F)c1. The third kappa shape index (κ3) is 5.98. The van der Waals surface area contributed by atoms with Crippen LogP contribution in [0, 0.1) is 5.82 Å².